The van der Waals surface area contributed by atoms with E-state index < -0.39 is 0 Å². The minimum atomic E-state index is -0.193. The largest absolute Gasteiger partial charge is 0.325 e. The zero-order valence-electron chi connectivity index (χ0n) is 15.8. The van der Waals surface area contributed by atoms with E-state index in [1.807, 2.05) is 37.3 Å². The van der Waals surface area contributed by atoms with E-state index in [1.54, 1.807) is 9.80 Å². The molecule has 1 aliphatic heterocycles. The van der Waals surface area contributed by atoms with Gasteiger partial charge in [0.05, 0.1) is 0 Å². The van der Waals surface area contributed by atoms with Crippen LogP contribution in [-0.4, -0.2) is 36.5 Å². The molecule has 3 rings (SSSR count). The second-order valence-electron chi connectivity index (χ2n) is 7.11. The number of urea groups is 1. The van der Waals surface area contributed by atoms with E-state index in [0.29, 0.717) is 19.0 Å². The molecule has 5 nitrogen and oxygen atoms in total. The van der Waals surface area contributed by atoms with Crippen molar-refractivity contribution in [3.8, 4) is 0 Å². The highest BCUT2D eigenvalue weighted by atomic mass is 79.9. The van der Waals surface area contributed by atoms with Gasteiger partial charge in [-0.2, -0.15) is 0 Å². The first-order chi connectivity index (χ1) is 12.8. The van der Waals surface area contributed by atoms with Gasteiger partial charge in [0, 0.05) is 28.9 Å². The Morgan fingerprint density at radius 1 is 1.15 bits per heavy atom. The van der Waals surface area contributed by atoms with Crippen LogP contribution in [0.25, 0.3) is 0 Å². The van der Waals surface area contributed by atoms with Crippen molar-refractivity contribution >= 4 is 39.2 Å². The molecule has 27 heavy (non-hydrogen) atoms. The molecule has 0 unspecified atom stereocenters. The molecule has 0 aromatic heterocycles. The number of hydrogen-bond acceptors (Lipinski definition) is 2. The van der Waals surface area contributed by atoms with Gasteiger partial charge in [0.1, 0.15) is 6.54 Å². The highest BCUT2D eigenvalue weighted by Gasteiger charge is 2.30. The van der Waals surface area contributed by atoms with Gasteiger partial charge in [0.15, 0.2) is 0 Å². The van der Waals surface area contributed by atoms with Crippen LogP contribution in [0.15, 0.2) is 46.9 Å². The summed E-state index contributed by atoms with van der Waals surface area (Å²) in [6, 6.07) is 13.6. The van der Waals surface area contributed by atoms with E-state index >= 15 is 0 Å². The van der Waals surface area contributed by atoms with Gasteiger partial charge < -0.3 is 10.2 Å². The van der Waals surface area contributed by atoms with Gasteiger partial charge in [-0.25, -0.2) is 4.79 Å². The summed E-state index contributed by atoms with van der Waals surface area (Å²) >= 11 is 3.44. The quantitative estimate of drug-likeness (QED) is 0.744. The minimum Gasteiger partial charge on any atom is -0.325 e. The maximum Gasteiger partial charge on any atom is 0.325 e. The fourth-order valence-electron chi connectivity index (χ4n) is 3.10. The number of hydrogen-bond donors (Lipinski definition) is 1. The molecular weight excluding hydrogens is 406 g/mol. The summed E-state index contributed by atoms with van der Waals surface area (Å²) in [6.07, 6.45) is 0. The summed E-state index contributed by atoms with van der Waals surface area (Å²) in [7, 11) is 0. The number of nitrogens with zero attached hydrogens (tertiary/aromatic N) is 2. The number of aryl methyl sites for hydroxylation is 1. The lowest BCUT2D eigenvalue weighted by atomic mass is 10.0. The molecule has 0 bridgehead atoms. The minimum absolute atomic E-state index is 0.0501. The molecule has 6 heteroatoms. The third-order valence-corrected chi connectivity index (χ3v) is 5.63. The van der Waals surface area contributed by atoms with Crippen molar-refractivity contribution in [1.29, 1.82) is 0 Å². The summed E-state index contributed by atoms with van der Waals surface area (Å²) in [5, 5.41) is 2.86. The molecule has 142 valence electrons. The van der Waals surface area contributed by atoms with Crippen LogP contribution in [0, 0.1) is 6.92 Å². The molecule has 1 saturated heterocycles. The van der Waals surface area contributed by atoms with E-state index in [-0.39, 0.29) is 18.5 Å². The maximum absolute atomic E-state index is 12.7. The zero-order valence-corrected chi connectivity index (χ0v) is 17.4. The number of carbonyl (C=O) groups excluding carboxylic acids is 2. The molecular formula is C21H24BrN3O2. The number of carbonyl (C=O) groups is 2. The van der Waals surface area contributed by atoms with Crippen molar-refractivity contribution in [3.63, 3.8) is 0 Å². The zero-order chi connectivity index (χ0) is 19.6. The summed E-state index contributed by atoms with van der Waals surface area (Å²) in [4.78, 5) is 28.3. The van der Waals surface area contributed by atoms with Crippen LogP contribution in [0.4, 0.5) is 16.2 Å². The van der Waals surface area contributed by atoms with Crippen LogP contribution in [0.3, 0.4) is 0 Å². The number of amides is 3. The van der Waals surface area contributed by atoms with Crippen LogP contribution in [0.1, 0.15) is 30.9 Å². The number of halogens is 1. The third-order valence-electron chi connectivity index (χ3n) is 4.74. The Hall–Kier alpha value is -2.34. The van der Waals surface area contributed by atoms with Crippen molar-refractivity contribution < 1.29 is 9.59 Å². The number of nitrogens with one attached hydrogen (secondary N) is 1. The number of benzene rings is 2. The first kappa shape index (κ1) is 19.4. The van der Waals surface area contributed by atoms with Gasteiger partial charge in [0.2, 0.25) is 5.91 Å². The molecule has 1 aliphatic rings. The van der Waals surface area contributed by atoms with Crippen molar-refractivity contribution in [2.45, 2.75) is 26.7 Å². The summed E-state index contributed by atoms with van der Waals surface area (Å²) in [6.45, 7) is 7.43. The summed E-state index contributed by atoms with van der Waals surface area (Å²) in [5.74, 6) is 0.262. The van der Waals surface area contributed by atoms with Crippen LogP contribution in [0.2, 0.25) is 0 Å². The molecule has 2 aromatic carbocycles. The molecule has 0 radical (unpaired) electrons. The predicted molar refractivity (Wildman–Crippen MR) is 112 cm³/mol. The standard InChI is InChI=1S/C21H24BrN3O2/c1-14(2)16-4-7-18(8-5-16)25-11-10-24(21(25)27)13-20(26)23-17-6-9-19(22)15(3)12-17/h4-9,12,14H,10-11,13H2,1-3H3,(H,23,26). The Labute approximate surface area is 168 Å². The van der Waals surface area contributed by atoms with Crippen LogP contribution < -0.4 is 10.2 Å². The van der Waals surface area contributed by atoms with Crippen molar-refractivity contribution in [2.24, 2.45) is 0 Å². The lowest BCUT2D eigenvalue weighted by Gasteiger charge is -2.19. The van der Waals surface area contributed by atoms with E-state index in [0.717, 1.165) is 21.4 Å². The van der Waals surface area contributed by atoms with E-state index in [2.05, 4.69) is 47.2 Å². The smallest absolute Gasteiger partial charge is 0.325 e. The third kappa shape index (κ3) is 4.50. The van der Waals surface area contributed by atoms with Crippen molar-refractivity contribution in [1.82, 2.24) is 4.90 Å². The molecule has 1 N–H and O–H groups in total. The summed E-state index contributed by atoms with van der Waals surface area (Å²) < 4.78 is 0.995. The monoisotopic (exact) mass is 429 g/mol. The molecule has 0 atom stereocenters. The molecule has 0 saturated carbocycles. The average molecular weight is 430 g/mol. The fraction of sp³-hybridized carbons (Fsp3) is 0.333. The highest BCUT2D eigenvalue weighted by molar-refractivity contribution is 9.10. The second-order valence-corrected chi connectivity index (χ2v) is 7.97. The van der Waals surface area contributed by atoms with Crippen molar-refractivity contribution in [3.05, 3.63) is 58.1 Å². The number of rotatable bonds is 5. The second kappa shape index (κ2) is 8.13. The Balaban J connectivity index is 1.61. The lowest BCUT2D eigenvalue weighted by Crippen LogP contribution is -2.37. The molecule has 1 heterocycles. The Morgan fingerprint density at radius 3 is 2.48 bits per heavy atom. The van der Waals surface area contributed by atoms with Gasteiger partial charge in [0.25, 0.3) is 0 Å². The van der Waals surface area contributed by atoms with Gasteiger partial charge in [-0.1, -0.05) is 41.9 Å². The van der Waals surface area contributed by atoms with E-state index in [1.165, 1.54) is 5.56 Å². The Bertz CT molecular complexity index is 849. The Kier molecular flexibility index (Phi) is 5.85. The topological polar surface area (TPSA) is 52.7 Å². The van der Waals surface area contributed by atoms with Crippen LogP contribution in [-0.2, 0) is 4.79 Å². The Morgan fingerprint density at radius 2 is 1.85 bits per heavy atom. The van der Waals surface area contributed by atoms with Gasteiger partial charge >= 0.3 is 6.03 Å². The normalized spacial score (nSPS) is 14.2. The molecule has 1 fully saturated rings. The fourth-order valence-corrected chi connectivity index (χ4v) is 3.35. The number of anilines is 2. The summed E-state index contributed by atoms with van der Waals surface area (Å²) in [5.41, 5.74) is 3.89. The van der Waals surface area contributed by atoms with Crippen molar-refractivity contribution in [2.75, 3.05) is 29.9 Å². The molecule has 3 amide bonds. The molecule has 0 aliphatic carbocycles. The first-order valence-corrected chi connectivity index (χ1v) is 9.87. The molecule has 0 spiro atoms. The predicted octanol–water partition coefficient (Wildman–Crippen LogP) is 4.76. The van der Waals surface area contributed by atoms with Crippen LogP contribution in [0.5, 0.6) is 0 Å². The first-order valence-electron chi connectivity index (χ1n) is 9.07. The molecule has 2 aromatic rings. The average Bonchev–Trinajstić information content (AvgIpc) is 2.99. The highest BCUT2D eigenvalue weighted by Crippen LogP contribution is 2.24. The van der Waals surface area contributed by atoms with Gasteiger partial charge in [-0.05, 0) is 54.3 Å². The van der Waals surface area contributed by atoms with Crippen LogP contribution >= 0.6 is 15.9 Å². The van der Waals surface area contributed by atoms with Gasteiger partial charge in [-0.15, -0.1) is 0 Å². The van der Waals surface area contributed by atoms with E-state index in [9.17, 15) is 9.59 Å². The van der Waals surface area contributed by atoms with Gasteiger partial charge in [-0.3, -0.25) is 9.69 Å². The van der Waals surface area contributed by atoms with E-state index in [4.69, 9.17) is 0 Å². The maximum atomic E-state index is 12.7. The SMILES string of the molecule is Cc1cc(NC(=O)CN2CCN(c3ccc(C(C)C)cc3)C2=O)ccc1Br. The lowest BCUT2D eigenvalue weighted by molar-refractivity contribution is -0.116.